The fourth-order valence-electron chi connectivity index (χ4n) is 3.27. The third-order valence-electron chi connectivity index (χ3n) is 4.54. The van der Waals surface area contributed by atoms with E-state index in [1.807, 2.05) is 0 Å². The molecule has 0 amide bonds. The molecular weight excluding hydrogens is 378 g/mol. The van der Waals surface area contributed by atoms with E-state index in [1.54, 1.807) is 30.3 Å². The van der Waals surface area contributed by atoms with E-state index in [4.69, 9.17) is 0 Å². The topological polar surface area (TPSA) is 130 Å². The average molecular weight is 397 g/mol. The van der Waals surface area contributed by atoms with Crippen molar-refractivity contribution >= 4 is 21.8 Å². The summed E-state index contributed by atoms with van der Waals surface area (Å²) in [5.41, 5.74) is 0.326. The van der Waals surface area contributed by atoms with E-state index in [-0.39, 0.29) is 10.5 Å². The summed E-state index contributed by atoms with van der Waals surface area (Å²) >= 11 is 0. The summed E-state index contributed by atoms with van der Waals surface area (Å²) in [6.07, 6.45) is 0. The Hall–Kier alpha value is -2.75. The smallest absolute Gasteiger partial charge is 0.321 e. The van der Waals surface area contributed by atoms with Crippen LogP contribution in [0.3, 0.4) is 0 Å². The van der Waals surface area contributed by atoms with Crippen LogP contribution >= 0.6 is 0 Å². The van der Waals surface area contributed by atoms with Gasteiger partial charge in [0.1, 0.15) is 5.75 Å². The molecule has 0 radical (unpaired) electrons. The Kier molecular flexibility index (Phi) is 5.99. The summed E-state index contributed by atoms with van der Waals surface area (Å²) in [6.45, 7) is 1.33. The number of allylic oxidation sites excluding steroid dienone is 1. The van der Waals surface area contributed by atoms with Gasteiger partial charge in [-0.05, 0) is 12.5 Å². The first kappa shape index (κ1) is 20.6. The SMILES string of the molecule is COC(=O)C(C(=O)OC)[C@H](C1=C(C)[C@@H]([N+](=O)[O-])CS1(=O)=O)c1ccccc1. The van der Waals surface area contributed by atoms with Crippen molar-refractivity contribution in [1.29, 1.82) is 0 Å². The minimum Gasteiger partial charge on any atom is -0.468 e. The Labute approximate surface area is 156 Å². The van der Waals surface area contributed by atoms with E-state index in [1.165, 1.54) is 6.92 Å². The lowest BCUT2D eigenvalue weighted by atomic mass is 9.83. The Morgan fingerprint density at radius 1 is 1.15 bits per heavy atom. The summed E-state index contributed by atoms with van der Waals surface area (Å²) in [5.74, 6) is -5.61. The van der Waals surface area contributed by atoms with Gasteiger partial charge in [0, 0.05) is 16.4 Å². The Morgan fingerprint density at radius 3 is 2.07 bits per heavy atom. The zero-order valence-electron chi connectivity index (χ0n) is 14.9. The molecule has 1 aliphatic rings. The minimum absolute atomic E-state index is 0.00772. The molecule has 146 valence electrons. The van der Waals surface area contributed by atoms with Gasteiger partial charge in [0.05, 0.1) is 19.1 Å². The molecule has 0 unspecified atom stereocenters. The number of hydrogen-bond acceptors (Lipinski definition) is 8. The van der Waals surface area contributed by atoms with Crippen molar-refractivity contribution in [3.05, 3.63) is 56.5 Å². The highest BCUT2D eigenvalue weighted by molar-refractivity contribution is 7.95. The maximum Gasteiger partial charge on any atom is 0.321 e. The number of methoxy groups -OCH3 is 2. The van der Waals surface area contributed by atoms with Gasteiger partial charge in [-0.2, -0.15) is 0 Å². The molecule has 1 aromatic rings. The lowest BCUT2D eigenvalue weighted by Crippen LogP contribution is -2.34. The van der Waals surface area contributed by atoms with Gasteiger partial charge >= 0.3 is 11.9 Å². The molecule has 0 aliphatic carbocycles. The largest absolute Gasteiger partial charge is 0.468 e. The normalized spacial score (nSPS) is 19.6. The van der Waals surface area contributed by atoms with Gasteiger partial charge in [0.25, 0.3) is 0 Å². The van der Waals surface area contributed by atoms with Gasteiger partial charge < -0.3 is 9.47 Å². The monoisotopic (exact) mass is 397 g/mol. The molecule has 1 aromatic carbocycles. The predicted octanol–water partition coefficient (Wildman–Crippen LogP) is 1.08. The van der Waals surface area contributed by atoms with Crippen molar-refractivity contribution in [1.82, 2.24) is 0 Å². The van der Waals surface area contributed by atoms with Crippen LogP contribution in [0.4, 0.5) is 0 Å². The first-order valence-corrected chi connectivity index (χ1v) is 9.58. The second-order valence-corrected chi connectivity index (χ2v) is 8.04. The summed E-state index contributed by atoms with van der Waals surface area (Å²) in [5, 5.41) is 11.3. The fourth-order valence-corrected chi connectivity index (χ4v) is 5.52. The Balaban J connectivity index is 2.79. The van der Waals surface area contributed by atoms with Crippen molar-refractivity contribution in [2.45, 2.75) is 18.9 Å². The highest BCUT2D eigenvalue weighted by Gasteiger charge is 2.51. The molecule has 9 nitrogen and oxygen atoms in total. The number of nitro groups is 1. The summed E-state index contributed by atoms with van der Waals surface area (Å²) < 4.78 is 34.9. The van der Waals surface area contributed by atoms with Gasteiger partial charge in [-0.3, -0.25) is 19.7 Å². The molecule has 0 bridgehead atoms. The molecule has 2 atom stereocenters. The van der Waals surface area contributed by atoms with Crippen LogP contribution in [-0.2, 0) is 28.9 Å². The predicted molar refractivity (Wildman–Crippen MR) is 94.0 cm³/mol. The molecule has 0 N–H and O–H groups in total. The number of ether oxygens (including phenoxy) is 2. The van der Waals surface area contributed by atoms with Crippen LogP contribution in [0.15, 0.2) is 40.8 Å². The van der Waals surface area contributed by atoms with Gasteiger partial charge in [-0.25, -0.2) is 8.42 Å². The number of hydrogen-bond donors (Lipinski definition) is 0. The molecule has 0 saturated carbocycles. The molecule has 27 heavy (non-hydrogen) atoms. The number of rotatable bonds is 6. The lowest BCUT2D eigenvalue weighted by Gasteiger charge is -2.25. The summed E-state index contributed by atoms with van der Waals surface area (Å²) in [7, 11) is -1.96. The van der Waals surface area contributed by atoms with Crippen molar-refractivity contribution < 1.29 is 32.4 Å². The van der Waals surface area contributed by atoms with Gasteiger partial charge in [0.2, 0.25) is 6.04 Å². The molecule has 1 aliphatic heterocycles. The van der Waals surface area contributed by atoms with E-state index in [9.17, 15) is 28.1 Å². The number of carbonyl (C=O) groups is 2. The Bertz CT molecular complexity index is 875. The van der Waals surface area contributed by atoms with Crippen LogP contribution in [-0.4, -0.2) is 51.3 Å². The maximum atomic E-state index is 12.8. The van der Waals surface area contributed by atoms with E-state index in [2.05, 4.69) is 9.47 Å². The molecule has 2 rings (SSSR count). The van der Waals surface area contributed by atoms with Crippen LogP contribution in [0.25, 0.3) is 0 Å². The van der Waals surface area contributed by atoms with Crippen molar-refractivity contribution in [2.75, 3.05) is 20.0 Å². The summed E-state index contributed by atoms with van der Waals surface area (Å²) in [4.78, 5) is 35.0. The average Bonchev–Trinajstić information content (AvgIpc) is 2.88. The van der Waals surface area contributed by atoms with E-state index in [0.29, 0.717) is 5.56 Å². The standard InChI is InChI=1S/C17H19NO8S/c1-10-12(18(21)22)9-27(23,24)15(10)13(11-7-5-4-6-8-11)14(16(19)25-2)17(20)26-3/h4-8,12-14H,9H2,1-3H3/t12-,13+/m0/s1. The third kappa shape index (κ3) is 3.85. The fraction of sp³-hybridized carbons (Fsp3) is 0.412. The van der Waals surface area contributed by atoms with Gasteiger partial charge in [-0.15, -0.1) is 0 Å². The number of nitrogens with zero attached hydrogens (tertiary/aromatic N) is 1. The van der Waals surface area contributed by atoms with Crippen molar-refractivity contribution in [2.24, 2.45) is 5.92 Å². The molecule has 0 fully saturated rings. The van der Waals surface area contributed by atoms with Crippen molar-refractivity contribution in [3.8, 4) is 0 Å². The quantitative estimate of drug-likeness (QED) is 0.302. The molecular formula is C17H19NO8S. The maximum absolute atomic E-state index is 12.8. The van der Waals surface area contributed by atoms with Crippen LogP contribution in [0.5, 0.6) is 0 Å². The van der Waals surface area contributed by atoms with E-state index in [0.717, 1.165) is 14.2 Å². The van der Waals surface area contributed by atoms with Gasteiger partial charge in [0.15, 0.2) is 15.8 Å². The highest BCUT2D eigenvalue weighted by Crippen LogP contribution is 2.43. The molecule has 10 heteroatoms. The lowest BCUT2D eigenvalue weighted by molar-refractivity contribution is -0.505. The number of benzene rings is 1. The third-order valence-corrected chi connectivity index (χ3v) is 6.54. The second-order valence-electron chi connectivity index (χ2n) is 6.04. The first-order valence-electron chi connectivity index (χ1n) is 7.93. The number of carbonyl (C=O) groups excluding carboxylic acids is 2. The highest BCUT2D eigenvalue weighted by atomic mass is 32.2. The molecule has 1 heterocycles. The molecule has 0 spiro atoms. The van der Waals surface area contributed by atoms with Crippen LogP contribution < -0.4 is 0 Å². The van der Waals surface area contributed by atoms with Crippen LogP contribution in [0, 0.1) is 16.0 Å². The van der Waals surface area contributed by atoms with E-state index >= 15 is 0 Å². The Morgan fingerprint density at radius 2 is 1.67 bits per heavy atom. The zero-order valence-corrected chi connectivity index (χ0v) is 15.8. The summed E-state index contributed by atoms with van der Waals surface area (Å²) in [6, 6.07) is 6.53. The first-order chi connectivity index (χ1) is 12.7. The van der Waals surface area contributed by atoms with Crippen molar-refractivity contribution in [3.63, 3.8) is 0 Å². The van der Waals surface area contributed by atoms with Crippen LogP contribution in [0.2, 0.25) is 0 Å². The number of sulfone groups is 1. The molecule has 0 aromatic heterocycles. The van der Waals surface area contributed by atoms with Crippen LogP contribution in [0.1, 0.15) is 18.4 Å². The minimum atomic E-state index is -4.08. The second kappa shape index (κ2) is 7.87. The van der Waals surface area contributed by atoms with E-state index < -0.39 is 50.3 Å². The zero-order chi connectivity index (χ0) is 20.4. The number of esters is 2. The van der Waals surface area contributed by atoms with Gasteiger partial charge in [-0.1, -0.05) is 30.3 Å². The molecule has 0 saturated heterocycles.